The molecule has 0 spiro atoms. The zero-order valence-corrected chi connectivity index (χ0v) is 23.4. The summed E-state index contributed by atoms with van der Waals surface area (Å²) in [5, 5.41) is 0. The van der Waals surface area contributed by atoms with Crippen LogP contribution in [-0.4, -0.2) is 9.13 Å². The Balaban J connectivity index is 0.000000342. The summed E-state index contributed by atoms with van der Waals surface area (Å²) in [7, 11) is 4.15. The molecule has 0 radical (unpaired) electrons. The van der Waals surface area contributed by atoms with Gasteiger partial charge in [-0.15, -0.1) is 0 Å². The molecule has 0 atom stereocenters. The predicted octanol–water partition coefficient (Wildman–Crippen LogP) is 7.69. The lowest BCUT2D eigenvalue weighted by Crippen LogP contribution is -2.23. The minimum atomic E-state index is 1.18. The molecule has 0 unspecified atom stereocenters. The van der Waals surface area contributed by atoms with Gasteiger partial charge in [-0.25, -0.2) is 18.3 Å². The maximum atomic E-state index is 2.28. The van der Waals surface area contributed by atoms with Gasteiger partial charge < -0.3 is 0 Å². The van der Waals surface area contributed by atoms with Crippen LogP contribution in [0.4, 0.5) is 0 Å². The van der Waals surface area contributed by atoms with Gasteiger partial charge in [0.2, 0.25) is 12.7 Å². The van der Waals surface area contributed by atoms with E-state index in [0.717, 1.165) is 0 Å². The van der Waals surface area contributed by atoms with Gasteiger partial charge in [-0.1, -0.05) is 104 Å². The molecule has 0 aliphatic rings. The van der Waals surface area contributed by atoms with E-state index in [-0.39, 0.29) is 0 Å². The van der Waals surface area contributed by atoms with Gasteiger partial charge >= 0.3 is 0 Å². The van der Waals surface area contributed by atoms with Gasteiger partial charge in [-0.05, 0) is 25.7 Å². The molecule has 2 aromatic rings. The summed E-state index contributed by atoms with van der Waals surface area (Å²) in [6.07, 6.45) is 38.2. The third-order valence-electron chi connectivity index (χ3n) is 6.69. The molecule has 2 rings (SSSR count). The fraction of sp³-hybridized carbons (Fsp3) is 0.800. The highest BCUT2D eigenvalue weighted by atomic mass is 15.1. The first kappa shape index (κ1) is 30.5. The third-order valence-corrected chi connectivity index (χ3v) is 6.69. The highest BCUT2D eigenvalue weighted by Crippen LogP contribution is 2.11. The van der Waals surface area contributed by atoms with E-state index in [4.69, 9.17) is 0 Å². The molecule has 4 nitrogen and oxygen atoms in total. The van der Waals surface area contributed by atoms with Crippen molar-refractivity contribution in [3.63, 3.8) is 0 Å². The van der Waals surface area contributed by atoms with Crippen molar-refractivity contribution < 1.29 is 9.13 Å². The monoisotopic (exact) mass is 474 g/mol. The first-order chi connectivity index (χ1) is 16.7. The average Bonchev–Trinajstić information content (AvgIpc) is 3.44. The van der Waals surface area contributed by atoms with Crippen molar-refractivity contribution in [2.45, 2.75) is 143 Å². The second-order valence-electron chi connectivity index (χ2n) is 10.3. The van der Waals surface area contributed by atoms with E-state index in [2.05, 4.69) is 83.7 Å². The van der Waals surface area contributed by atoms with Crippen LogP contribution >= 0.6 is 0 Å². The minimum Gasteiger partial charge on any atom is -0.240 e. The SMILES string of the molecule is CCCCCCCCCCCCn1cc[n+](C)c1.CCCCCCCCCCn1cc[n+](C)c1. The van der Waals surface area contributed by atoms with Gasteiger partial charge in [0.1, 0.15) is 24.8 Å². The van der Waals surface area contributed by atoms with Crippen LogP contribution in [0.15, 0.2) is 37.4 Å². The van der Waals surface area contributed by atoms with Crippen LogP contribution in [-0.2, 0) is 27.2 Å². The fourth-order valence-corrected chi connectivity index (χ4v) is 4.48. The second kappa shape index (κ2) is 21.9. The molecular weight excluding hydrogens is 416 g/mol. The Morgan fingerprint density at radius 3 is 1.00 bits per heavy atom. The van der Waals surface area contributed by atoms with Gasteiger partial charge in [0.25, 0.3) is 0 Å². The summed E-state index contributed by atoms with van der Waals surface area (Å²) >= 11 is 0. The quantitative estimate of drug-likeness (QED) is 0.138. The summed E-state index contributed by atoms with van der Waals surface area (Å²) in [6, 6.07) is 0. The van der Waals surface area contributed by atoms with Crippen molar-refractivity contribution in [3.8, 4) is 0 Å². The first-order valence-electron chi connectivity index (χ1n) is 14.7. The molecule has 4 heteroatoms. The highest BCUT2D eigenvalue weighted by Gasteiger charge is 2.00. The van der Waals surface area contributed by atoms with Crippen LogP contribution in [0.5, 0.6) is 0 Å². The van der Waals surface area contributed by atoms with Gasteiger partial charge in [0, 0.05) is 0 Å². The minimum absolute atomic E-state index is 1.18. The average molecular weight is 475 g/mol. The molecule has 0 aliphatic carbocycles. The first-order valence-corrected chi connectivity index (χ1v) is 14.7. The lowest BCUT2D eigenvalue weighted by molar-refractivity contribution is -0.671. The maximum absolute atomic E-state index is 2.28. The molecule has 0 amide bonds. The molecule has 196 valence electrons. The van der Waals surface area contributed by atoms with Crippen LogP contribution in [0.3, 0.4) is 0 Å². The normalized spacial score (nSPS) is 10.9. The number of hydrogen-bond donors (Lipinski definition) is 0. The van der Waals surface area contributed by atoms with Crippen LogP contribution in [0.25, 0.3) is 0 Å². The van der Waals surface area contributed by atoms with Crippen molar-refractivity contribution in [2.24, 2.45) is 14.1 Å². The Morgan fingerprint density at radius 2 is 0.735 bits per heavy atom. The molecule has 2 aromatic heterocycles. The number of rotatable bonds is 20. The Hall–Kier alpha value is -1.58. The van der Waals surface area contributed by atoms with Crippen LogP contribution in [0.2, 0.25) is 0 Å². The lowest BCUT2D eigenvalue weighted by atomic mass is 10.1. The molecular formula is C30H58N4+2. The Labute approximate surface area is 212 Å². The number of nitrogens with zero attached hydrogens (tertiary/aromatic N) is 4. The van der Waals surface area contributed by atoms with Gasteiger partial charge in [-0.3, -0.25) is 0 Å². The van der Waals surface area contributed by atoms with Crippen LogP contribution < -0.4 is 9.13 Å². The van der Waals surface area contributed by atoms with Crippen molar-refractivity contribution in [1.82, 2.24) is 9.13 Å². The Bertz CT molecular complexity index is 673. The summed E-state index contributed by atoms with van der Waals surface area (Å²) in [5.41, 5.74) is 0. The van der Waals surface area contributed by atoms with E-state index in [1.165, 1.54) is 129 Å². The second-order valence-corrected chi connectivity index (χ2v) is 10.3. The summed E-state index contributed by atoms with van der Waals surface area (Å²) in [4.78, 5) is 0. The number of aromatic nitrogens is 4. The van der Waals surface area contributed by atoms with E-state index in [0.29, 0.717) is 0 Å². The number of aryl methyl sites for hydroxylation is 4. The van der Waals surface area contributed by atoms with Crippen molar-refractivity contribution in [2.75, 3.05) is 0 Å². The highest BCUT2D eigenvalue weighted by molar-refractivity contribution is 4.66. The van der Waals surface area contributed by atoms with Gasteiger partial charge in [-0.2, -0.15) is 0 Å². The maximum Gasteiger partial charge on any atom is 0.243 e. The van der Waals surface area contributed by atoms with Crippen molar-refractivity contribution in [1.29, 1.82) is 0 Å². The molecule has 0 fully saturated rings. The van der Waals surface area contributed by atoms with Crippen molar-refractivity contribution in [3.05, 3.63) is 37.4 Å². The zero-order chi connectivity index (χ0) is 24.7. The van der Waals surface area contributed by atoms with E-state index in [9.17, 15) is 0 Å². The number of unbranched alkanes of at least 4 members (excludes halogenated alkanes) is 16. The van der Waals surface area contributed by atoms with Gasteiger partial charge in [0.15, 0.2) is 0 Å². The smallest absolute Gasteiger partial charge is 0.240 e. The summed E-state index contributed by atoms with van der Waals surface area (Å²) < 4.78 is 8.77. The number of imidazole rings is 2. The van der Waals surface area contributed by atoms with E-state index >= 15 is 0 Å². The summed E-state index contributed by atoms with van der Waals surface area (Å²) in [6.45, 7) is 6.91. The molecule has 0 aliphatic heterocycles. The standard InChI is InChI=1S/C16H31N2.C14H27N2/c1-3-4-5-6-7-8-9-10-11-12-13-18-15-14-17(2)16-18;1-3-4-5-6-7-8-9-10-11-16-13-12-15(2)14-16/h14-16H,3-13H2,1-2H3;12-14H,3-11H2,1-2H3/q2*+1. The largest absolute Gasteiger partial charge is 0.243 e. The number of hydrogen-bond acceptors (Lipinski definition) is 0. The zero-order valence-electron chi connectivity index (χ0n) is 23.4. The fourth-order valence-electron chi connectivity index (χ4n) is 4.48. The molecule has 0 saturated heterocycles. The topological polar surface area (TPSA) is 17.6 Å². The predicted molar refractivity (Wildman–Crippen MR) is 146 cm³/mol. The molecule has 0 saturated carbocycles. The lowest BCUT2D eigenvalue weighted by Gasteiger charge is -2.01. The van der Waals surface area contributed by atoms with Crippen LogP contribution in [0, 0.1) is 0 Å². The van der Waals surface area contributed by atoms with E-state index < -0.39 is 0 Å². The molecule has 2 heterocycles. The van der Waals surface area contributed by atoms with E-state index in [1.54, 1.807) is 0 Å². The molecule has 0 aromatic carbocycles. The third kappa shape index (κ3) is 17.8. The van der Waals surface area contributed by atoms with Crippen molar-refractivity contribution >= 4 is 0 Å². The summed E-state index contributed by atoms with van der Waals surface area (Å²) in [5.74, 6) is 0. The molecule has 34 heavy (non-hydrogen) atoms. The molecule has 0 bridgehead atoms. The van der Waals surface area contributed by atoms with Gasteiger partial charge in [0.05, 0.1) is 27.2 Å². The van der Waals surface area contributed by atoms with Crippen LogP contribution in [0.1, 0.15) is 129 Å². The Morgan fingerprint density at radius 1 is 0.441 bits per heavy atom. The molecule has 0 N–H and O–H groups in total. The Kier molecular flexibility index (Phi) is 19.6. The van der Waals surface area contributed by atoms with E-state index in [1.807, 2.05) is 0 Å².